The predicted molar refractivity (Wildman–Crippen MR) is 36.7 cm³/mol. The number of nitrogens with zero attached hydrogens (tertiary/aromatic N) is 1. The van der Waals surface area contributed by atoms with E-state index in [9.17, 15) is 8.42 Å². The summed E-state index contributed by atoms with van der Waals surface area (Å²) in [4.78, 5) is 0. The Bertz CT molecular complexity index is 209. The average molecular weight is 165 g/mol. The SMILES string of the molecule is CC(C)N1CCOS1(=O)=O. The lowest BCUT2D eigenvalue weighted by molar-refractivity contribution is 0.362. The molecule has 0 aliphatic carbocycles. The van der Waals surface area contributed by atoms with E-state index in [0.717, 1.165) is 0 Å². The van der Waals surface area contributed by atoms with Crippen molar-refractivity contribution in [2.45, 2.75) is 19.9 Å². The third kappa shape index (κ3) is 1.31. The molecule has 0 bridgehead atoms. The van der Waals surface area contributed by atoms with Gasteiger partial charge in [0.1, 0.15) is 0 Å². The van der Waals surface area contributed by atoms with Crippen LogP contribution in [0.25, 0.3) is 0 Å². The van der Waals surface area contributed by atoms with Gasteiger partial charge < -0.3 is 0 Å². The van der Waals surface area contributed by atoms with Crippen molar-refractivity contribution in [3.63, 3.8) is 0 Å². The van der Waals surface area contributed by atoms with Crippen molar-refractivity contribution >= 4 is 10.3 Å². The standard InChI is InChI=1S/C5H11NO3S/c1-5(2)6-3-4-9-10(6,7)8/h5H,3-4H2,1-2H3. The third-order valence-electron chi connectivity index (χ3n) is 1.41. The molecule has 1 heterocycles. The molecule has 1 aliphatic rings. The fourth-order valence-corrected chi connectivity index (χ4v) is 2.16. The molecule has 0 aromatic carbocycles. The molecule has 0 atom stereocenters. The molecule has 0 saturated carbocycles. The van der Waals surface area contributed by atoms with Crippen molar-refractivity contribution in [1.29, 1.82) is 0 Å². The van der Waals surface area contributed by atoms with Gasteiger partial charge in [-0.25, -0.2) is 0 Å². The summed E-state index contributed by atoms with van der Waals surface area (Å²) in [5.41, 5.74) is 0. The second kappa shape index (κ2) is 2.48. The molecule has 1 aliphatic heterocycles. The zero-order valence-electron chi connectivity index (χ0n) is 6.07. The van der Waals surface area contributed by atoms with E-state index in [-0.39, 0.29) is 6.04 Å². The van der Waals surface area contributed by atoms with Crippen LogP contribution in [-0.4, -0.2) is 31.9 Å². The highest BCUT2D eigenvalue weighted by Gasteiger charge is 2.31. The summed E-state index contributed by atoms with van der Waals surface area (Å²) in [5, 5.41) is 0. The molecule has 0 radical (unpaired) electrons. The van der Waals surface area contributed by atoms with Crippen molar-refractivity contribution in [2.24, 2.45) is 0 Å². The lowest BCUT2D eigenvalue weighted by atomic mass is 10.4. The van der Waals surface area contributed by atoms with Gasteiger partial charge in [0.05, 0.1) is 6.61 Å². The zero-order chi connectivity index (χ0) is 7.78. The van der Waals surface area contributed by atoms with Gasteiger partial charge in [-0.15, -0.1) is 0 Å². The molecule has 60 valence electrons. The molecule has 1 fully saturated rings. The summed E-state index contributed by atoms with van der Waals surface area (Å²) in [6.45, 7) is 4.43. The maximum Gasteiger partial charge on any atom is 0.338 e. The number of rotatable bonds is 1. The van der Waals surface area contributed by atoms with Crippen LogP contribution < -0.4 is 0 Å². The predicted octanol–water partition coefficient (Wildman–Crippen LogP) is -0.0282. The molecular formula is C5H11NO3S. The summed E-state index contributed by atoms with van der Waals surface area (Å²) >= 11 is 0. The van der Waals surface area contributed by atoms with Crippen molar-refractivity contribution in [3.05, 3.63) is 0 Å². The summed E-state index contributed by atoms with van der Waals surface area (Å²) in [7, 11) is -3.35. The lowest BCUT2D eigenvalue weighted by Crippen LogP contribution is -2.31. The van der Waals surface area contributed by atoms with Crippen LogP contribution in [0.1, 0.15) is 13.8 Å². The van der Waals surface area contributed by atoms with E-state index in [0.29, 0.717) is 13.2 Å². The van der Waals surface area contributed by atoms with Crippen molar-refractivity contribution in [2.75, 3.05) is 13.2 Å². The van der Waals surface area contributed by atoms with Gasteiger partial charge in [0.25, 0.3) is 0 Å². The summed E-state index contributed by atoms with van der Waals surface area (Å²) in [6.07, 6.45) is 0. The molecular weight excluding hydrogens is 154 g/mol. The molecule has 0 N–H and O–H groups in total. The van der Waals surface area contributed by atoms with Crippen LogP contribution in [0.5, 0.6) is 0 Å². The minimum atomic E-state index is -3.35. The highest BCUT2D eigenvalue weighted by Crippen LogP contribution is 2.14. The van der Waals surface area contributed by atoms with Gasteiger partial charge in [0.15, 0.2) is 0 Å². The zero-order valence-corrected chi connectivity index (χ0v) is 6.89. The molecule has 0 aromatic rings. The Hall–Kier alpha value is -0.130. The first kappa shape index (κ1) is 7.97. The molecule has 0 aromatic heterocycles. The van der Waals surface area contributed by atoms with Crippen molar-refractivity contribution in [3.8, 4) is 0 Å². The van der Waals surface area contributed by atoms with Gasteiger partial charge in [-0.05, 0) is 13.8 Å². The largest absolute Gasteiger partial charge is 0.338 e. The molecule has 1 rings (SSSR count). The van der Waals surface area contributed by atoms with Gasteiger partial charge in [0, 0.05) is 12.6 Å². The van der Waals surface area contributed by atoms with E-state index in [1.54, 1.807) is 0 Å². The maximum absolute atomic E-state index is 10.9. The smallest absolute Gasteiger partial charge is 0.257 e. The highest BCUT2D eigenvalue weighted by molar-refractivity contribution is 7.84. The number of hydrogen-bond acceptors (Lipinski definition) is 3. The highest BCUT2D eigenvalue weighted by atomic mass is 32.2. The Kier molecular flexibility index (Phi) is 1.98. The lowest BCUT2D eigenvalue weighted by Gasteiger charge is -2.15. The minimum Gasteiger partial charge on any atom is -0.257 e. The van der Waals surface area contributed by atoms with E-state index in [1.165, 1.54) is 4.31 Å². The monoisotopic (exact) mass is 165 g/mol. The van der Waals surface area contributed by atoms with Gasteiger partial charge >= 0.3 is 10.3 Å². The van der Waals surface area contributed by atoms with Crippen LogP contribution >= 0.6 is 0 Å². The maximum atomic E-state index is 10.9. The summed E-state index contributed by atoms with van der Waals surface area (Å²) < 4.78 is 27.7. The fraction of sp³-hybridized carbons (Fsp3) is 1.00. The Morgan fingerprint density at radius 3 is 2.30 bits per heavy atom. The molecule has 0 amide bonds. The Morgan fingerprint density at radius 2 is 2.10 bits per heavy atom. The van der Waals surface area contributed by atoms with E-state index >= 15 is 0 Å². The van der Waals surface area contributed by atoms with Crippen LogP contribution in [0.15, 0.2) is 0 Å². The fourth-order valence-electron chi connectivity index (χ4n) is 0.928. The van der Waals surface area contributed by atoms with Crippen LogP contribution in [0.4, 0.5) is 0 Å². The van der Waals surface area contributed by atoms with Crippen LogP contribution in [0, 0.1) is 0 Å². The molecule has 4 nitrogen and oxygen atoms in total. The van der Waals surface area contributed by atoms with Gasteiger partial charge in [-0.1, -0.05) is 0 Å². The van der Waals surface area contributed by atoms with Crippen LogP contribution in [0.3, 0.4) is 0 Å². The van der Waals surface area contributed by atoms with Crippen LogP contribution in [0.2, 0.25) is 0 Å². The van der Waals surface area contributed by atoms with E-state index in [2.05, 4.69) is 4.18 Å². The topological polar surface area (TPSA) is 46.6 Å². The second-order valence-electron chi connectivity index (χ2n) is 2.48. The second-order valence-corrected chi connectivity index (χ2v) is 4.04. The third-order valence-corrected chi connectivity index (χ3v) is 3.05. The van der Waals surface area contributed by atoms with E-state index in [4.69, 9.17) is 0 Å². The molecule has 0 unspecified atom stereocenters. The Balaban J connectivity index is 2.79. The minimum absolute atomic E-state index is 0.00694. The quantitative estimate of drug-likeness (QED) is 0.548. The van der Waals surface area contributed by atoms with E-state index < -0.39 is 10.3 Å². The first-order chi connectivity index (χ1) is 4.54. The first-order valence-electron chi connectivity index (χ1n) is 3.20. The first-order valence-corrected chi connectivity index (χ1v) is 4.57. The van der Waals surface area contributed by atoms with Gasteiger partial charge in [-0.3, -0.25) is 4.18 Å². The molecule has 10 heavy (non-hydrogen) atoms. The van der Waals surface area contributed by atoms with Gasteiger partial charge in [-0.2, -0.15) is 12.7 Å². The Morgan fingerprint density at radius 1 is 1.50 bits per heavy atom. The molecule has 1 saturated heterocycles. The normalized spacial score (nSPS) is 25.9. The Labute approximate surface area is 61.0 Å². The molecule has 0 spiro atoms. The summed E-state index contributed by atoms with van der Waals surface area (Å²) in [5.74, 6) is 0. The van der Waals surface area contributed by atoms with Gasteiger partial charge in [0.2, 0.25) is 0 Å². The average Bonchev–Trinajstić information content (AvgIpc) is 2.08. The molecule has 5 heteroatoms. The van der Waals surface area contributed by atoms with Crippen molar-refractivity contribution in [1.82, 2.24) is 4.31 Å². The number of hydrogen-bond donors (Lipinski definition) is 0. The summed E-state index contributed by atoms with van der Waals surface area (Å²) in [6, 6.07) is 0.00694. The van der Waals surface area contributed by atoms with E-state index in [1.807, 2.05) is 13.8 Å². The van der Waals surface area contributed by atoms with Crippen LogP contribution in [-0.2, 0) is 14.5 Å². The van der Waals surface area contributed by atoms with Crippen molar-refractivity contribution < 1.29 is 12.6 Å².